The largest absolute Gasteiger partial charge is 0.357 e. The molecule has 1 aromatic heterocycles. The van der Waals surface area contributed by atoms with Crippen LogP contribution in [-0.2, 0) is 4.79 Å². The molecule has 2 N–H and O–H groups in total. The van der Waals surface area contributed by atoms with Gasteiger partial charge in [-0.15, -0.1) is 0 Å². The molecule has 16 heavy (non-hydrogen) atoms. The van der Waals surface area contributed by atoms with Gasteiger partial charge in [-0.25, -0.2) is 4.98 Å². The lowest BCUT2D eigenvalue weighted by Crippen LogP contribution is -2.44. The van der Waals surface area contributed by atoms with Gasteiger partial charge in [0, 0.05) is 12.7 Å². The number of hydrogen-bond acceptors (Lipinski definition) is 3. The summed E-state index contributed by atoms with van der Waals surface area (Å²) in [6.45, 7) is 0.756. The van der Waals surface area contributed by atoms with Crippen molar-refractivity contribution in [2.75, 3.05) is 11.9 Å². The van der Waals surface area contributed by atoms with Gasteiger partial charge in [0.15, 0.2) is 0 Å². The van der Waals surface area contributed by atoms with Crippen molar-refractivity contribution in [2.24, 2.45) is 0 Å². The number of nitrogens with one attached hydrogen (secondary N) is 2. The van der Waals surface area contributed by atoms with Crippen molar-refractivity contribution >= 4 is 39.3 Å². The highest BCUT2D eigenvalue weighted by molar-refractivity contribution is 9.10. The van der Waals surface area contributed by atoms with E-state index in [1.54, 1.807) is 12.3 Å². The summed E-state index contributed by atoms with van der Waals surface area (Å²) in [7, 11) is 0. The summed E-state index contributed by atoms with van der Waals surface area (Å²) in [5, 5.41) is 6.47. The molecule has 1 amide bonds. The van der Waals surface area contributed by atoms with E-state index in [-0.39, 0.29) is 11.9 Å². The number of nitrogens with zero attached hydrogens (tertiary/aromatic N) is 1. The van der Waals surface area contributed by atoms with E-state index in [2.05, 4.69) is 31.5 Å². The lowest BCUT2D eigenvalue weighted by Gasteiger charge is -2.23. The average molecular weight is 305 g/mol. The van der Waals surface area contributed by atoms with Crippen molar-refractivity contribution in [1.29, 1.82) is 0 Å². The van der Waals surface area contributed by atoms with E-state index in [1.807, 2.05) is 0 Å². The Labute approximate surface area is 107 Å². The van der Waals surface area contributed by atoms with E-state index in [4.69, 9.17) is 11.6 Å². The van der Waals surface area contributed by atoms with Gasteiger partial charge in [-0.3, -0.25) is 4.79 Å². The van der Waals surface area contributed by atoms with Gasteiger partial charge in [-0.2, -0.15) is 0 Å². The van der Waals surface area contributed by atoms with Crippen LogP contribution in [0, 0.1) is 0 Å². The van der Waals surface area contributed by atoms with E-state index in [0.29, 0.717) is 10.8 Å². The Hall–Kier alpha value is -0.810. The summed E-state index contributed by atoms with van der Waals surface area (Å²) in [5.41, 5.74) is 0. The number of anilines is 1. The number of halogens is 2. The van der Waals surface area contributed by atoms with Crippen LogP contribution in [0.25, 0.3) is 0 Å². The number of aromatic nitrogens is 1. The van der Waals surface area contributed by atoms with Crippen molar-refractivity contribution in [3.05, 3.63) is 21.8 Å². The summed E-state index contributed by atoms with van der Waals surface area (Å²) < 4.78 is 0.762. The summed E-state index contributed by atoms with van der Waals surface area (Å²) >= 11 is 9.14. The third-order valence-corrected chi connectivity index (χ3v) is 3.22. The molecule has 0 aliphatic carbocycles. The van der Waals surface area contributed by atoms with Crippen LogP contribution in [0.5, 0.6) is 0 Å². The second-order valence-electron chi connectivity index (χ2n) is 3.61. The number of piperidine rings is 1. The van der Waals surface area contributed by atoms with Crippen LogP contribution in [0.2, 0.25) is 5.02 Å². The van der Waals surface area contributed by atoms with Gasteiger partial charge < -0.3 is 10.6 Å². The Morgan fingerprint density at radius 2 is 2.44 bits per heavy atom. The Morgan fingerprint density at radius 3 is 3.12 bits per heavy atom. The van der Waals surface area contributed by atoms with Crippen molar-refractivity contribution in [3.8, 4) is 0 Å². The summed E-state index contributed by atoms with van der Waals surface area (Å²) in [6.07, 6.45) is 3.35. The van der Waals surface area contributed by atoms with Gasteiger partial charge in [0.25, 0.3) is 0 Å². The molecule has 0 saturated carbocycles. The van der Waals surface area contributed by atoms with E-state index in [1.165, 1.54) is 0 Å². The molecule has 0 radical (unpaired) electrons. The molecular weight excluding hydrogens is 293 g/mol. The van der Waals surface area contributed by atoms with Crippen molar-refractivity contribution in [3.63, 3.8) is 0 Å². The molecule has 2 heterocycles. The van der Waals surface area contributed by atoms with Crippen molar-refractivity contribution in [2.45, 2.75) is 18.9 Å². The van der Waals surface area contributed by atoms with E-state index >= 15 is 0 Å². The fourth-order valence-corrected chi connectivity index (χ4v) is 2.35. The third-order valence-electron chi connectivity index (χ3n) is 2.40. The van der Waals surface area contributed by atoms with Crippen LogP contribution in [-0.4, -0.2) is 23.5 Å². The van der Waals surface area contributed by atoms with Crippen LogP contribution in [0.3, 0.4) is 0 Å². The molecule has 1 saturated heterocycles. The van der Waals surface area contributed by atoms with Gasteiger partial charge in [0.05, 0.1) is 9.50 Å². The number of rotatable bonds is 2. The molecule has 1 aliphatic rings. The monoisotopic (exact) mass is 303 g/mol. The van der Waals surface area contributed by atoms with Crippen LogP contribution < -0.4 is 10.6 Å². The molecule has 4 nitrogen and oxygen atoms in total. The standard InChI is InChI=1S/C10H11BrClN3O/c11-7-4-6(12)5-14-9(7)15-8-2-1-3-13-10(8)16/h4-5,8H,1-3H2,(H,13,16)(H,14,15). The highest BCUT2D eigenvalue weighted by Crippen LogP contribution is 2.24. The van der Waals surface area contributed by atoms with E-state index in [0.717, 1.165) is 23.9 Å². The summed E-state index contributed by atoms with van der Waals surface area (Å²) in [4.78, 5) is 15.7. The first kappa shape index (κ1) is 11.7. The maximum atomic E-state index is 11.5. The first-order valence-corrected chi connectivity index (χ1v) is 6.19. The van der Waals surface area contributed by atoms with Gasteiger partial charge in [0.1, 0.15) is 11.9 Å². The molecule has 1 unspecified atom stereocenters. The quantitative estimate of drug-likeness (QED) is 0.880. The smallest absolute Gasteiger partial charge is 0.242 e. The lowest BCUT2D eigenvalue weighted by atomic mass is 10.1. The zero-order valence-corrected chi connectivity index (χ0v) is 10.8. The molecule has 0 aromatic carbocycles. The molecule has 1 fully saturated rings. The van der Waals surface area contributed by atoms with Crippen LogP contribution in [0.1, 0.15) is 12.8 Å². The number of carbonyl (C=O) groups is 1. The molecular formula is C10H11BrClN3O. The van der Waals surface area contributed by atoms with Crippen LogP contribution in [0.4, 0.5) is 5.82 Å². The minimum Gasteiger partial charge on any atom is -0.357 e. The zero-order chi connectivity index (χ0) is 11.5. The number of amides is 1. The van der Waals surface area contributed by atoms with Gasteiger partial charge >= 0.3 is 0 Å². The number of hydrogen-bond donors (Lipinski definition) is 2. The highest BCUT2D eigenvalue weighted by Gasteiger charge is 2.22. The number of carbonyl (C=O) groups excluding carboxylic acids is 1. The van der Waals surface area contributed by atoms with Crippen molar-refractivity contribution < 1.29 is 4.79 Å². The molecule has 86 valence electrons. The lowest BCUT2D eigenvalue weighted by molar-refractivity contribution is -0.123. The first-order valence-electron chi connectivity index (χ1n) is 5.02. The molecule has 1 atom stereocenters. The van der Waals surface area contributed by atoms with Crippen LogP contribution >= 0.6 is 27.5 Å². The molecule has 1 aliphatic heterocycles. The van der Waals surface area contributed by atoms with E-state index < -0.39 is 0 Å². The SMILES string of the molecule is O=C1NCCCC1Nc1ncc(Cl)cc1Br. The Bertz CT molecular complexity index is 413. The predicted octanol–water partition coefficient (Wildman–Crippen LogP) is 2.19. The second kappa shape index (κ2) is 5.01. The molecule has 2 rings (SSSR count). The van der Waals surface area contributed by atoms with Gasteiger partial charge in [-0.05, 0) is 34.8 Å². The summed E-state index contributed by atoms with van der Waals surface area (Å²) in [5.74, 6) is 0.668. The molecule has 0 bridgehead atoms. The first-order chi connectivity index (χ1) is 7.66. The maximum absolute atomic E-state index is 11.5. The zero-order valence-electron chi connectivity index (χ0n) is 8.46. The molecule has 1 aromatic rings. The van der Waals surface area contributed by atoms with Crippen molar-refractivity contribution in [1.82, 2.24) is 10.3 Å². The minimum atomic E-state index is -0.210. The minimum absolute atomic E-state index is 0.0231. The third kappa shape index (κ3) is 2.65. The van der Waals surface area contributed by atoms with Gasteiger partial charge in [0.2, 0.25) is 5.91 Å². The molecule has 6 heteroatoms. The van der Waals surface area contributed by atoms with E-state index in [9.17, 15) is 4.79 Å². The van der Waals surface area contributed by atoms with Crippen LogP contribution in [0.15, 0.2) is 16.7 Å². The fourth-order valence-electron chi connectivity index (χ4n) is 1.60. The predicted molar refractivity (Wildman–Crippen MR) is 66.6 cm³/mol. The Morgan fingerprint density at radius 1 is 1.62 bits per heavy atom. The Kier molecular flexibility index (Phi) is 3.66. The Balaban J connectivity index is 2.10. The summed E-state index contributed by atoms with van der Waals surface area (Å²) in [6, 6.07) is 1.54. The fraction of sp³-hybridized carbons (Fsp3) is 0.400. The average Bonchev–Trinajstić information content (AvgIpc) is 2.25. The van der Waals surface area contributed by atoms with Gasteiger partial charge in [-0.1, -0.05) is 11.6 Å². The maximum Gasteiger partial charge on any atom is 0.242 e. The normalized spacial score (nSPS) is 20.4. The molecule has 0 spiro atoms. The number of pyridine rings is 1. The highest BCUT2D eigenvalue weighted by atomic mass is 79.9. The topological polar surface area (TPSA) is 54.0 Å². The second-order valence-corrected chi connectivity index (χ2v) is 4.90.